The Labute approximate surface area is 359 Å². The van der Waals surface area contributed by atoms with Gasteiger partial charge < -0.3 is 34.0 Å². The molecule has 346 valence electrons. The number of phosphoric acid groups is 2. The number of esters is 2. The molecule has 0 amide bonds. The Morgan fingerprint density at radius 1 is 0.583 bits per heavy atom. The first-order chi connectivity index (χ1) is 28.8. The third kappa shape index (κ3) is 36.4. The number of hydrogen-bond acceptors (Lipinski definition) is 11. The van der Waals surface area contributed by atoms with Crippen molar-refractivity contribution in [2.75, 3.05) is 26.4 Å². The molecular weight excluding hydrogens is 814 g/mol. The molecule has 0 bridgehead atoms. The number of carbonyl (C=O) groups excluding carboxylic acids is 2. The molecule has 1 rings (SSSR count). The zero-order valence-corrected chi connectivity index (χ0v) is 38.0. The first-order valence-electron chi connectivity index (χ1n) is 22.1. The van der Waals surface area contributed by atoms with E-state index in [1.807, 2.05) is 12.2 Å². The molecule has 0 spiro atoms. The van der Waals surface area contributed by atoms with Crippen molar-refractivity contribution < 1.29 is 66.3 Å². The van der Waals surface area contributed by atoms with Crippen LogP contribution >= 0.6 is 15.6 Å². The van der Waals surface area contributed by atoms with Crippen molar-refractivity contribution in [2.45, 2.75) is 180 Å². The van der Waals surface area contributed by atoms with Crippen LogP contribution < -0.4 is 0 Å². The summed E-state index contributed by atoms with van der Waals surface area (Å²) in [7, 11) is -9.71. The SMILES string of the molecule is CCCCC/C=C\C/C=C\CC1OC1C/C=C\CCCC(=O)O[C@H](COC(=O)CCCCCCC/C=C\C=C/CCCCCC)COP(=O)(O)OC[C@@H](O)COP(=O)(O)O. The van der Waals surface area contributed by atoms with Gasteiger partial charge in [0.15, 0.2) is 6.10 Å². The third-order valence-electron chi connectivity index (χ3n) is 9.30. The molecular formula is C44H76O14P2. The third-order valence-corrected chi connectivity index (χ3v) is 10.7. The van der Waals surface area contributed by atoms with Gasteiger partial charge in [0.05, 0.1) is 32.0 Å². The van der Waals surface area contributed by atoms with Gasteiger partial charge in [-0.15, -0.1) is 0 Å². The van der Waals surface area contributed by atoms with Crippen LogP contribution in [0.2, 0.25) is 0 Å². The van der Waals surface area contributed by atoms with E-state index in [1.54, 1.807) is 0 Å². The van der Waals surface area contributed by atoms with Crippen LogP contribution in [-0.2, 0) is 46.5 Å². The van der Waals surface area contributed by atoms with Crippen molar-refractivity contribution in [3.63, 3.8) is 0 Å². The number of aliphatic hydroxyl groups excluding tert-OH is 1. The molecule has 1 aliphatic rings. The summed E-state index contributed by atoms with van der Waals surface area (Å²) >= 11 is 0. The van der Waals surface area contributed by atoms with Crippen molar-refractivity contribution in [3.8, 4) is 0 Å². The fraction of sp³-hybridized carbons (Fsp3) is 0.727. The van der Waals surface area contributed by atoms with Crippen LogP contribution in [0, 0.1) is 0 Å². The molecule has 0 aromatic heterocycles. The Kier molecular flexibility index (Phi) is 33.7. The number of allylic oxidation sites excluding steroid dienone is 8. The second-order valence-electron chi connectivity index (χ2n) is 15.0. The van der Waals surface area contributed by atoms with E-state index < -0.39 is 66.2 Å². The standard InChI is InChI=1S/C44H76O14P2/c1-3-5-7-9-11-13-14-15-16-17-18-20-22-24-29-33-43(46)53-37-40(38-56-60(51,52)55-36-39(45)35-54-59(48,49)50)57-44(47)34-30-26-25-28-32-42-41(58-42)31-27-23-21-19-12-10-8-6-4-2/h12-16,19,23,25,27-28,39-42,45H,3-11,17-18,20-22,24,26,29-38H2,1-2H3,(H,51,52)(H2,48,49,50)/b14-13-,16-15-,19-12-,27-23-,28-25-/t39-,40+,41?,42?/m0/s1. The predicted octanol–water partition coefficient (Wildman–Crippen LogP) is 10.2. The zero-order chi connectivity index (χ0) is 44.2. The number of hydrogen-bond donors (Lipinski definition) is 4. The first kappa shape index (κ1) is 55.8. The Hall–Kier alpha value is -2.22. The number of rotatable bonds is 40. The molecule has 0 aliphatic carbocycles. The van der Waals surface area contributed by atoms with Crippen molar-refractivity contribution >= 4 is 27.6 Å². The molecule has 1 fully saturated rings. The van der Waals surface area contributed by atoms with Gasteiger partial charge in [-0.3, -0.25) is 23.2 Å². The lowest BCUT2D eigenvalue weighted by Crippen LogP contribution is -2.29. The number of ether oxygens (including phenoxy) is 3. The molecule has 0 aromatic rings. The molecule has 16 heteroatoms. The Bertz CT molecular complexity index is 1360. The lowest BCUT2D eigenvalue weighted by atomic mass is 10.1. The Balaban J connectivity index is 2.43. The quantitative estimate of drug-likeness (QED) is 0.0113. The van der Waals surface area contributed by atoms with Gasteiger partial charge in [0.2, 0.25) is 0 Å². The minimum absolute atomic E-state index is 0.0415. The van der Waals surface area contributed by atoms with Crippen molar-refractivity contribution in [3.05, 3.63) is 60.8 Å². The van der Waals surface area contributed by atoms with Crippen LogP contribution in [0.1, 0.15) is 155 Å². The lowest BCUT2D eigenvalue weighted by Gasteiger charge is -2.20. The van der Waals surface area contributed by atoms with E-state index in [0.29, 0.717) is 19.3 Å². The van der Waals surface area contributed by atoms with Crippen molar-refractivity contribution in [1.29, 1.82) is 0 Å². The highest BCUT2D eigenvalue weighted by atomic mass is 31.2. The minimum Gasteiger partial charge on any atom is -0.462 e. The summed E-state index contributed by atoms with van der Waals surface area (Å²) in [4.78, 5) is 52.7. The molecule has 60 heavy (non-hydrogen) atoms. The van der Waals surface area contributed by atoms with Gasteiger partial charge in [-0.1, -0.05) is 126 Å². The number of unbranched alkanes of at least 4 members (excludes halogenated alkanes) is 13. The highest BCUT2D eigenvalue weighted by molar-refractivity contribution is 7.47. The normalized spacial score (nSPS) is 18.0. The summed E-state index contributed by atoms with van der Waals surface area (Å²) < 4.78 is 53.5. The van der Waals surface area contributed by atoms with Gasteiger partial charge in [0.1, 0.15) is 12.7 Å². The average Bonchev–Trinajstić information content (AvgIpc) is 3.96. The smallest absolute Gasteiger partial charge is 0.462 e. The second kappa shape index (κ2) is 36.3. The fourth-order valence-electron chi connectivity index (χ4n) is 5.78. The number of carbonyl (C=O) groups is 2. The van der Waals surface area contributed by atoms with Crippen LogP contribution in [0.25, 0.3) is 0 Å². The van der Waals surface area contributed by atoms with E-state index in [-0.39, 0.29) is 25.0 Å². The maximum Gasteiger partial charge on any atom is 0.472 e. The summed E-state index contributed by atoms with van der Waals surface area (Å²) in [5.74, 6) is -1.13. The zero-order valence-electron chi connectivity index (χ0n) is 36.2. The van der Waals surface area contributed by atoms with Gasteiger partial charge in [-0.25, -0.2) is 9.13 Å². The van der Waals surface area contributed by atoms with Crippen LogP contribution in [0.5, 0.6) is 0 Å². The van der Waals surface area contributed by atoms with Gasteiger partial charge in [0, 0.05) is 12.8 Å². The molecule has 1 heterocycles. The highest BCUT2D eigenvalue weighted by Crippen LogP contribution is 2.44. The molecule has 0 radical (unpaired) electrons. The molecule has 4 N–H and O–H groups in total. The van der Waals surface area contributed by atoms with Crippen LogP contribution in [0.15, 0.2) is 60.8 Å². The minimum atomic E-state index is -4.87. The predicted molar refractivity (Wildman–Crippen MR) is 234 cm³/mol. The number of aliphatic hydroxyl groups is 1. The van der Waals surface area contributed by atoms with Crippen LogP contribution in [0.3, 0.4) is 0 Å². The molecule has 5 atom stereocenters. The number of phosphoric ester groups is 2. The first-order valence-corrected chi connectivity index (χ1v) is 25.1. The maximum atomic E-state index is 12.7. The molecule has 1 aliphatic heterocycles. The Morgan fingerprint density at radius 2 is 1.08 bits per heavy atom. The lowest BCUT2D eigenvalue weighted by molar-refractivity contribution is -0.161. The topological polar surface area (TPSA) is 208 Å². The Morgan fingerprint density at radius 3 is 1.77 bits per heavy atom. The van der Waals surface area contributed by atoms with Gasteiger partial charge >= 0.3 is 27.6 Å². The molecule has 3 unspecified atom stereocenters. The van der Waals surface area contributed by atoms with Crippen molar-refractivity contribution in [2.24, 2.45) is 0 Å². The van der Waals surface area contributed by atoms with Gasteiger partial charge in [-0.05, 0) is 77.0 Å². The summed E-state index contributed by atoms with van der Waals surface area (Å²) in [6, 6.07) is 0. The van der Waals surface area contributed by atoms with E-state index in [4.69, 9.17) is 28.5 Å². The second-order valence-corrected chi connectivity index (χ2v) is 17.7. The molecule has 1 saturated heterocycles. The molecule has 0 saturated carbocycles. The summed E-state index contributed by atoms with van der Waals surface area (Å²) in [5, 5.41) is 9.75. The van der Waals surface area contributed by atoms with Crippen LogP contribution in [0.4, 0.5) is 0 Å². The fourth-order valence-corrected chi connectivity index (χ4v) is 6.94. The maximum absolute atomic E-state index is 12.7. The van der Waals surface area contributed by atoms with E-state index >= 15 is 0 Å². The van der Waals surface area contributed by atoms with E-state index in [0.717, 1.165) is 64.2 Å². The van der Waals surface area contributed by atoms with Gasteiger partial charge in [-0.2, -0.15) is 0 Å². The van der Waals surface area contributed by atoms with Crippen LogP contribution in [-0.4, -0.2) is 82.6 Å². The van der Waals surface area contributed by atoms with Gasteiger partial charge in [0.25, 0.3) is 0 Å². The monoisotopic (exact) mass is 890 g/mol. The summed E-state index contributed by atoms with van der Waals surface area (Å²) in [6.07, 6.45) is 39.5. The summed E-state index contributed by atoms with van der Waals surface area (Å²) in [6.45, 7) is 1.61. The molecule has 0 aromatic carbocycles. The molecule has 14 nitrogen and oxygen atoms in total. The average molecular weight is 891 g/mol. The largest absolute Gasteiger partial charge is 0.472 e. The highest BCUT2D eigenvalue weighted by Gasteiger charge is 2.36. The van der Waals surface area contributed by atoms with E-state index in [2.05, 4.69) is 71.5 Å². The summed E-state index contributed by atoms with van der Waals surface area (Å²) in [5.41, 5.74) is 0. The number of epoxide rings is 1. The van der Waals surface area contributed by atoms with E-state index in [9.17, 15) is 28.7 Å². The van der Waals surface area contributed by atoms with Crippen molar-refractivity contribution in [1.82, 2.24) is 0 Å². The van der Waals surface area contributed by atoms with E-state index in [1.165, 1.54) is 44.9 Å².